The van der Waals surface area contributed by atoms with Crippen LogP contribution in [0.1, 0.15) is 31.4 Å². The number of ether oxygens (including phenoxy) is 1. The number of benzene rings is 2. The maximum atomic E-state index is 11.9. The number of rotatable bonds is 7. The summed E-state index contributed by atoms with van der Waals surface area (Å²) in [5.41, 5.74) is 1.10. The van der Waals surface area contributed by atoms with Gasteiger partial charge in [-0.1, -0.05) is 41.9 Å². The predicted octanol–water partition coefficient (Wildman–Crippen LogP) is 4.38. The van der Waals surface area contributed by atoms with E-state index in [1.807, 2.05) is 49.4 Å². The monoisotopic (exact) mass is 317 g/mol. The van der Waals surface area contributed by atoms with Crippen LogP contribution in [0.4, 0.5) is 0 Å². The molecule has 0 saturated carbocycles. The Bertz CT molecular complexity index is 584. The van der Waals surface area contributed by atoms with Crippen LogP contribution < -0.4 is 10.1 Å². The Morgan fingerprint density at radius 2 is 1.82 bits per heavy atom. The maximum Gasteiger partial charge on any atom is 0.220 e. The van der Waals surface area contributed by atoms with Crippen molar-refractivity contribution >= 4 is 17.5 Å². The highest BCUT2D eigenvalue weighted by Crippen LogP contribution is 2.16. The Hall–Kier alpha value is -2.00. The quantitative estimate of drug-likeness (QED) is 0.770. The third-order valence-electron chi connectivity index (χ3n) is 3.31. The van der Waals surface area contributed by atoms with Gasteiger partial charge in [0, 0.05) is 11.4 Å². The zero-order valence-electron chi connectivity index (χ0n) is 12.6. The van der Waals surface area contributed by atoms with E-state index in [9.17, 15) is 4.79 Å². The maximum absolute atomic E-state index is 11.9. The lowest BCUT2D eigenvalue weighted by Gasteiger charge is -2.14. The zero-order chi connectivity index (χ0) is 15.8. The van der Waals surface area contributed by atoms with E-state index in [1.54, 1.807) is 12.1 Å². The van der Waals surface area contributed by atoms with Gasteiger partial charge in [0.05, 0.1) is 12.6 Å². The number of carbonyl (C=O) groups is 1. The predicted molar refractivity (Wildman–Crippen MR) is 89.2 cm³/mol. The molecule has 0 aromatic heterocycles. The minimum Gasteiger partial charge on any atom is -0.494 e. The van der Waals surface area contributed by atoms with Gasteiger partial charge in [-0.05, 0) is 43.2 Å². The molecule has 0 saturated heterocycles. The second kappa shape index (κ2) is 8.44. The first kappa shape index (κ1) is 16.4. The minimum absolute atomic E-state index is 0.0193. The van der Waals surface area contributed by atoms with E-state index in [1.165, 1.54) is 0 Å². The molecule has 0 fully saturated rings. The van der Waals surface area contributed by atoms with Crippen LogP contribution in [0.15, 0.2) is 54.6 Å². The Kier molecular flexibility index (Phi) is 6.28. The normalized spacial score (nSPS) is 11.7. The molecule has 2 aromatic rings. The lowest BCUT2D eigenvalue weighted by molar-refractivity contribution is -0.121. The molecule has 0 aliphatic heterocycles. The third kappa shape index (κ3) is 5.41. The Morgan fingerprint density at radius 3 is 2.50 bits per heavy atom. The standard InChI is InChI=1S/C18H20ClNO2/c1-14(15-6-3-2-4-7-15)20-18(21)8-5-13-22-17-11-9-16(19)10-12-17/h2-4,6-7,9-12,14H,5,8,13H2,1H3,(H,20,21)/t14-/m0/s1. The summed E-state index contributed by atoms with van der Waals surface area (Å²) in [5, 5.41) is 3.67. The van der Waals surface area contributed by atoms with Gasteiger partial charge in [-0.2, -0.15) is 0 Å². The van der Waals surface area contributed by atoms with Crippen LogP contribution in [0.5, 0.6) is 5.75 Å². The molecule has 0 bridgehead atoms. The molecule has 116 valence electrons. The molecule has 2 rings (SSSR count). The first-order valence-electron chi connectivity index (χ1n) is 7.38. The number of amides is 1. The van der Waals surface area contributed by atoms with Crippen LogP contribution in [0.3, 0.4) is 0 Å². The van der Waals surface area contributed by atoms with Crippen LogP contribution in [-0.4, -0.2) is 12.5 Å². The van der Waals surface area contributed by atoms with Gasteiger partial charge >= 0.3 is 0 Å². The summed E-state index contributed by atoms with van der Waals surface area (Å²) < 4.78 is 5.56. The topological polar surface area (TPSA) is 38.3 Å². The SMILES string of the molecule is C[C@H](NC(=O)CCCOc1ccc(Cl)cc1)c1ccccc1. The second-order valence-corrected chi connectivity index (χ2v) is 5.54. The molecular formula is C18H20ClNO2. The van der Waals surface area contributed by atoms with Crippen molar-refractivity contribution < 1.29 is 9.53 Å². The average Bonchev–Trinajstić information content (AvgIpc) is 2.54. The molecule has 2 aromatic carbocycles. The number of carbonyl (C=O) groups excluding carboxylic acids is 1. The second-order valence-electron chi connectivity index (χ2n) is 5.11. The summed E-state index contributed by atoms with van der Waals surface area (Å²) in [4.78, 5) is 11.9. The van der Waals surface area contributed by atoms with Gasteiger partial charge in [0.15, 0.2) is 0 Å². The number of halogens is 1. The molecule has 4 heteroatoms. The summed E-state index contributed by atoms with van der Waals surface area (Å²) in [5.74, 6) is 0.804. The van der Waals surface area contributed by atoms with Crippen molar-refractivity contribution in [3.63, 3.8) is 0 Å². The molecule has 0 radical (unpaired) electrons. The Balaban J connectivity index is 1.66. The van der Waals surface area contributed by atoms with E-state index >= 15 is 0 Å². The van der Waals surface area contributed by atoms with Crippen molar-refractivity contribution in [2.75, 3.05) is 6.61 Å². The molecule has 1 amide bonds. The van der Waals surface area contributed by atoms with Gasteiger partial charge in [-0.3, -0.25) is 4.79 Å². The Labute approximate surface area is 136 Å². The van der Waals surface area contributed by atoms with E-state index in [0.29, 0.717) is 24.5 Å². The van der Waals surface area contributed by atoms with Crippen molar-refractivity contribution in [1.29, 1.82) is 0 Å². The molecule has 1 atom stereocenters. The lowest BCUT2D eigenvalue weighted by atomic mass is 10.1. The van der Waals surface area contributed by atoms with Crippen LogP contribution in [-0.2, 0) is 4.79 Å². The number of hydrogen-bond donors (Lipinski definition) is 1. The first-order chi connectivity index (χ1) is 10.6. The van der Waals surface area contributed by atoms with Crippen molar-refractivity contribution in [3.8, 4) is 5.75 Å². The minimum atomic E-state index is 0.0193. The van der Waals surface area contributed by atoms with E-state index in [2.05, 4.69) is 5.32 Å². The lowest BCUT2D eigenvalue weighted by Crippen LogP contribution is -2.26. The first-order valence-corrected chi connectivity index (χ1v) is 7.75. The van der Waals surface area contributed by atoms with E-state index in [-0.39, 0.29) is 11.9 Å². The van der Waals surface area contributed by atoms with Gasteiger partial charge in [0.1, 0.15) is 5.75 Å². The molecule has 1 N–H and O–H groups in total. The molecule has 0 unspecified atom stereocenters. The van der Waals surface area contributed by atoms with Crippen LogP contribution in [0.25, 0.3) is 0 Å². The fourth-order valence-corrected chi connectivity index (χ4v) is 2.22. The molecule has 22 heavy (non-hydrogen) atoms. The van der Waals surface area contributed by atoms with Crippen molar-refractivity contribution in [3.05, 3.63) is 65.2 Å². The summed E-state index contributed by atoms with van der Waals surface area (Å²) in [6, 6.07) is 17.1. The van der Waals surface area contributed by atoms with Crippen molar-refractivity contribution in [2.45, 2.75) is 25.8 Å². The molecule has 0 aliphatic carbocycles. The summed E-state index contributed by atoms with van der Waals surface area (Å²) >= 11 is 5.81. The van der Waals surface area contributed by atoms with Gasteiger partial charge in [-0.25, -0.2) is 0 Å². The summed E-state index contributed by atoms with van der Waals surface area (Å²) in [6.45, 7) is 2.49. The third-order valence-corrected chi connectivity index (χ3v) is 3.56. The number of hydrogen-bond acceptors (Lipinski definition) is 2. The smallest absolute Gasteiger partial charge is 0.220 e. The van der Waals surface area contributed by atoms with Crippen LogP contribution >= 0.6 is 11.6 Å². The van der Waals surface area contributed by atoms with Crippen molar-refractivity contribution in [2.24, 2.45) is 0 Å². The zero-order valence-corrected chi connectivity index (χ0v) is 13.3. The average molecular weight is 318 g/mol. The van der Waals surface area contributed by atoms with Crippen LogP contribution in [0.2, 0.25) is 5.02 Å². The molecule has 0 heterocycles. The fraction of sp³-hybridized carbons (Fsp3) is 0.278. The largest absolute Gasteiger partial charge is 0.494 e. The highest BCUT2D eigenvalue weighted by atomic mass is 35.5. The van der Waals surface area contributed by atoms with E-state index in [0.717, 1.165) is 11.3 Å². The van der Waals surface area contributed by atoms with Gasteiger partial charge in [0.2, 0.25) is 5.91 Å². The highest BCUT2D eigenvalue weighted by Gasteiger charge is 2.08. The summed E-state index contributed by atoms with van der Waals surface area (Å²) in [6.07, 6.45) is 1.13. The molecule has 3 nitrogen and oxygen atoms in total. The molecule has 0 aliphatic rings. The van der Waals surface area contributed by atoms with Gasteiger partial charge < -0.3 is 10.1 Å². The Morgan fingerprint density at radius 1 is 1.14 bits per heavy atom. The summed E-state index contributed by atoms with van der Waals surface area (Å²) in [7, 11) is 0. The number of nitrogens with one attached hydrogen (secondary N) is 1. The van der Waals surface area contributed by atoms with Gasteiger partial charge in [-0.15, -0.1) is 0 Å². The highest BCUT2D eigenvalue weighted by molar-refractivity contribution is 6.30. The van der Waals surface area contributed by atoms with Crippen molar-refractivity contribution in [1.82, 2.24) is 5.32 Å². The van der Waals surface area contributed by atoms with Gasteiger partial charge in [0.25, 0.3) is 0 Å². The van der Waals surface area contributed by atoms with E-state index in [4.69, 9.17) is 16.3 Å². The molecule has 0 spiro atoms. The van der Waals surface area contributed by atoms with E-state index < -0.39 is 0 Å². The fourth-order valence-electron chi connectivity index (χ4n) is 2.09. The van der Waals surface area contributed by atoms with Crippen LogP contribution in [0, 0.1) is 0 Å². The molecular weight excluding hydrogens is 298 g/mol.